The average Bonchev–Trinajstić information content (AvgIpc) is 2.36. The summed E-state index contributed by atoms with van der Waals surface area (Å²) < 4.78 is 5.48. The second-order valence-electron chi connectivity index (χ2n) is 6.03. The molecule has 1 heterocycles. The summed E-state index contributed by atoms with van der Waals surface area (Å²) in [5, 5.41) is 6.37. The summed E-state index contributed by atoms with van der Waals surface area (Å²) in [5.74, 6) is 1.41. The van der Waals surface area contributed by atoms with E-state index < -0.39 is 0 Å². The van der Waals surface area contributed by atoms with E-state index in [-0.39, 0.29) is 5.91 Å². The summed E-state index contributed by atoms with van der Waals surface area (Å²) in [6.45, 7) is 9.66. The first-order valence-corrected chi connectivity index (χ1v) is 7.67. The Morgan fingerprint density at radius 3 is 2.89 bits per heavy atom. The van der Waals surface area contributed by atoms with Gasteiger partial charge >= 0.3 is 0 Å². The van der Waals surface area contributed by atoms with Crippen molar-refractivity contribution in [2.24, 2.45) is 11.8 Å². The number of nitrogens with one attached hydrogen (secondary N) is 2. The van der Waals surface area contributed by atoms with Gasteiger partial charge < -0.3 is 15.4 Å². The van der Waals surface area contributed by atoms with Crippen LogP contribution >= 0.6 is 0 Å². The lowest BCUT2D eigenvalue weighted by atomic mass is 9.90. The van der Waals surface area contributed by atoms with E-state index in [0.29, 0.717) is 37.5 Å². The van der Waals surface area contributed by atoms with Crippen molar-refractivity contribution in [1.82, 2.24) is 10.6 Å². The third-order valence-electron chi connectivity index (χ3n) is 3.74. The lowest BCUT2D eigenvalue weighted by Crippen LogP contribution is -2.43. The molecule has 0 aliphatic carbocycles. The van der Waals surface area contributed by atoms with Crippen molar-refractivity contribution in [2.45, 2.75) is 52.5 Å². The summed E-state index contributed by atoms with van der Waals surface area (Å²) in [5.41, 5.74) is 0. The molecule has 0 aromatic carbocycles. The zero-order valence-corrected chi connectivity index (χ0v) is 12.7. The maximum Gasteiger partial charge on any atom is 0.221 e. The molecule has 1 aliphatic heterocycles. The van der Waals surface area contributed by atoms with Gasteiger partial charge in [0, 0.05) is 25.6 Å². The lowest BCUT2D eigenvalue weighted by molar-refractivity contribution is -0.122. The minimum atomic E-state index is 0.138. The van der Waals surface area contributed by atoms with Crippen LogP contribution in [-0.4, -0.2) is 38.3 Å². The van der Waals surface area contributed by atoms with E-state index >= 15 is 0 Å². The standard InChI is InChI=1S/C15H30N2O2/c1-12(2)6-9-19-10-8-17-15(18)11-14-13(3)5-4-7-16-14/h12-14,16H,4-11H2,1-3H3,(H,17,18). The SMILES string of the molecule is CC(C)CCOCCNC(=O)CC1NCCCC1C. The third-order valence-corrected chi connectivity index (χ3v) is 3.74. The van der Waals surface area contributed by atoms with Crippen molar-refractivity contribution in [2.75, 3.05) is 26.3 Å². The minimum absolute atomic E-state index is 0.138. The molecule has 0 bridgehead atoms. The van der Waals surface area contributed by atoms with Gasteiger partial charge in [0.25, 0.3) is 0 Å². The molecule has 19 heavy (non-hydrogen) atoms. The Balaban J connectivity index is 2.01. The monoisotopic (exact) mass is 270 g/mol. The van der Waals surface area contributed by atoms with Gasteiger partial charge in [0.15, 0.2) is 0 Å². The van der Waals surface area contributed by atoms with Crippen molar-refractivity contribution < 1.29 is 9.53 Å². The van der Waals surface area contributed by atoms with Crippen LogP contribution in [-0.2, 0) is 9.53 Å². The van der Waals surface area contributed by atoms with E-state index in [1.54, 1.807) is 0 Å². The first-order chi connectivity index (χ1) is 9.09. The summed E-state index contributed by atoms with van der Waals surface area (Å²) >= 11 is 0. The second-order valence-corrected chi connectivity index (χ2v) is 6.03. The maximum absolute atomic E-state index is 11.8. The van der Waals surface area contributed by atoms with Crippen LogP contribution in [0.5, 0.6) is 0 Å². The van der Waals surface area contributed by atoms with Gasteiger partial charge in [0.1, 0.15) is 0 Å². The number of ether oxygens (including phenoxy) is 1. The molecule has 0 spiro atoms. The zero-order valence-electron chi connectivity index (χ0n) is 12.7. The largest absolute Gasteiger partial charge is 0.380 e. The molecule has 4 nitrogen and oxygen atoms in total. The van der Waals surface area contributed by atoms with Crippen LogP contribution in [0.1, 0.15) is 46.5 Å². The molecular weight excluding hydrogens is 240 g/mol. The van der Waals surface area contributed by atoms with Gasteiger partial charge in [-0.25, -0.2) is 0 Å². The Hall–Kier alpha value is -0.610. The Morgan fingerprint density at radius 1 is 1.42 bits per heavy atom. The van der Waals surface area contributed by atoms with Gasteiger partial charge in [-0.2, -0.15) is 0 Å². The van der Waals surface area contributed by atoms with Crippen LogP contribution in [0, 0.1) is 11.8 Å². The molecule has 112 valence electrons. The fraction of sp³-hybridized carbons (Fsp3) is 0.933. The lowest BCUT2D eigenvalue weighted by Gasteiger charge is -2.29. The first-order valence-electron chi connectivity index (χ1n) is 7.67. The van der Waals surface area contributed by atoms with Crippen LogP contribution in [0.3, 0.4) is 0 Å². The van der Waals surface area contributed by atoms with Gasteiger partial charge in [-0.15, -0.1) is 0 Å². The normalized spacial score (nSPS) is 23.6. The molecule has 2 unspecified atom stereocenters. The van der Waals surface area contributed by atoms with Crippen LogP contribution < -0.4 is 10.6 Å². The molecule has 0 radical (unpaired) electrons. The van der Waals surface area contributed by atoms with Gasteiger partial charge in [0.2, 0.25) is 5.91 Å². The van der Waals surface area contributed by atoms with Crippen molar-refractivity contribution in [3.8, 4) is 0 Å². The zero-order chi connectivity index (χ0) is 14.1. The number of hydrogen-bond donors (Lipinski definition) is 2. The van der Waals surface area contributed by atoms with Crippen LogP contribution in [0.15, 0.2) is 0 Å². The van der Waals surface area contributed by atoms with E-state index in [9.17, 15) is 4.79 Å². The Labute approximate surface area is 117 Å². The van der Waals surface area contributed by atoms with E-state index in [4.69, 9.17) is 4.74 Å². The number of rotatable bonds is 8. The molecule has 0 aromatic rings. The maximum atomic E-state index is 11.8. The number of amides is 1. The molecule has 1 aliphatic rings. The van der Waals surface area contributed by atoms with Gasteiger partial charge in [-0.3, -0.25) is 4.79 Å². The highest BCUT2D eigenvalue weighted by Gasteiger charge is 2.22. The fourth-order valence-electron chi connectivity index (χ4n) is 2.34. The van der Waals surface area contributed by atoms with Gasteiger partial charge in [-0.05, 0) is 37.6 Å². The van der Waals surface area contributed by atoms with Gasteiger partial charge in [0.05, 0.1) is 6.61 Å². The molecular formula is C15H30N2O2. The molecule has 1 saturated heterocycles. The quantitative estimate of drug-likeness (QED) is 0.663. The minimum Gasteiger partial charge on any atom is -0.380 e. The highest BCUT2D eigenvalue weighted by atomic mass is 16.5. The summed E-state index contributed by atoms with van der Waals surface area (Å²) in [6, 6.07) is 0.343. The Morgan fingerprint density at radius 2 is 2.21 bits per heavy atom. The topological polar surface area (TPSA) is 50.4 Å². The van der Waals surface area contributed by atoms with Crippen molar-refractivity contribution in [3.63, 3.8) is 0 Å². The predicted octanol–water partition coefficient (Wildman–Crippen LogP) is 1.94. The molecule has 1 amide bonds. The smallest absolute Gasteiger partial charge is 0.221 e. The van der Waals surface area contributed by atoms with Crippen molar-refractivity contribution >= 4 is 5.91 Å². The number of hydrogen-bond acceptors (Lipinski definition) is 3. The highest BCUT2D eigenvalue weighted by Crippen LogP contribution is 2.17. The first kappa shape index (κ1) is 16.4. The van der Waals surface area contributed by atoms with Crippen LogP contribution in [0.25, 0.3) is 0 Å². The molecule has 0 aromatic heterocycles. The fourth-order valence-corrected chi connectivity index (χ4v) is 2.34. The summed E-state index contributed by atoms with van der Waals surface area (Å²) in [4.78, 5) is 11.8. The number of piperidine rings is 1. The van der Waals surface area contributed by atoms with E-state index in [1.165, 1.54) is 12.8 Å². The van der Waals surface area contributed by atoms with Crippen molar-refractivity contribution in [1.29, 1.82) is 0 Å². The molecule has 4 heteroatoms. The van der Waals surface area contributed by atoms with Crippen LogP contribution in [0.4, 0.5) is 0 Å². The summed E-state index contributed by atoms with van der Waals surface area (Å²) in [7, 11) is 0. The Kier molecular flexibility index (Phi) is 8.07. The van der Waals surface area contributed by atoms with E-state index in [1.807, 2.05) is 0 Å². The second kappa shape index (κ2) is 9.32. The molecule has 2 N–H and O–H groups in total. The molecule has 1 rings (SSSR count). The van der Waals surface area contributed by atoms with E-state index in [2.05, 4.69) is 31.4 Å². The number of carbonyl (C=O) groups is 1. The number of carbonyl (C=O) groups excluding carboxylic acids is 1. The summed E-state index contributed by atoms with van der Waals surface area (Å²) in [6.07, 6.45) is 4.12. The van der Waals surface area contributed by atoms with Crippen LogP contribution in [0.2, 0.25) is 0 Å². The average molecular weight is 270 g/mol. The van der Waals surface area contributed by atoms with E-state index in [0.717, 1.165) is 19.6 Å². The van der Waals surface area contributed by atoms with Crippen molar-refractivity contribution in [3.05, 3.63) is 0 Å². The molecule has 1 fully saturated rings. The molecule has 0 saturated carbocycles. The third kappa shape index (κ3) is 7.53. The van der Waals surface area contributed by atoms with Gasteiger partial charge in [-0.1, -0.05) is 20.8 Å². The predicted molar refractivity (Wildman–Crippen MR) is 78.1 cm³/mol. The Bertz CT molecular complexity index is 257. The highest BCUT2D eigenvalue weighted by molar-refractivity contribution is 5.76. The molecule has 2 atom stereocenters.